The Morgan fingerprint density at radius 2 is 2.24 bits per heavy atom. The van der Waals surface area contributed by atoms with Gasteiger partial charge in [0.1, 0.15) is 5.82 Å². The first kappa shape index (κ1) is 11.8. The SMILES string of the molecule is CCN(CCCN)c1nccn2c(C)nnc12. The van der Waals surface area contributed by atoms with Crippen molar-refractivity contribution in [2.24, 2.45) is 5.73 Å². The van der Waals surface area contributed by atoms with Crippen LogP contribution in [0.5, 0.6) is 0 Å². The van der Waals surface area contributed by atoms with E-state index in [-0.39, 0.29) is 0 Å². The molecule has 0 aliphatic carbocycles. The normalized spacial score (nSPS) is 11.0. The summed E-state index contributed by atoms with van der Waals surface area (Å²) in [4.78, 5) is 6.58. The number of aryl methyl sites for hydroxylation is 1. The van der Waals surface area contributed by atoms with E-state index in [1.807, 2.05) is 17.5 Å². The van der Waals surface area contributed by atoms with Crippen LogP contribution in [0.15, 0.2) is 12.4 Å². The van der Waals surface area contributed by atoms with E-state index >= 15 is 0 Å². The van der Waals surface area contributed by atoms with Crippen LogP contribution in [0, 0.1) is 6.92 Å². The third-order valence-electron chi connectivity index (χ3n) is 2.79. The Kier molecular flexibility index (Phi) is 3.53. The van der Waals surface area contributed by atoms with E-state index < -0.39 is 0 Å². The van der Waals surface area contributed by atoms with Crippen molar-refractivity contribution in [2.45, 2.75) is 20.3 Å². The summed E-state index contributed by atoms with van der Waals surface area (Å²) in [7, 11) is 0. The molecule has 2 N–H and O–H groups in total. The third kappa shape index (κ3) is 2.21. The second kappa shape index (κ2) is 5.09. The molecular weight excluding hydrogens is 216 g/mol. The van der Waals surface area contributed by atoms with Crippen LogP contribution in [0.4, 0.5) is 5.82 Å². The fourth-order valence-electron chi connectivity index (χ4n) is 1.85. The summed E-state index contributed by atoms with van der Waals surface area (Å²) in [6, 6.07) is 0. The summed E-state index contributed by atoms with van der Waals surface area (Å²) in [5.74, 6) is 1.75. The first-order valence-corrected chi connectivity index (χ1v) is 5.89. The lowest BCUT2D eigenvalue weighted by atomic mass is 10.3. The number of hydrogen-bond acceptors (Lipinski definition) is 5. The molecule has 0 aromatic carbocycles. The number of nitrogens with zero attached hydrogens (tertiary/aromatic N) is 5. The minimum Gasteiger partial charge on any atom is -0.354 e. The molecule has 2 aromatic heterocycles. The van der Waals surface area contributed by atoms with Gasteiger partial charge < -0.3 is 10.6 Å². The molecule has 0 saturated heterocycles. The van der Waals surface area contributed by atoms with Crippen molar-refractivity contribution in [3.05, 3.63) is 18.2 Å². The summed E-state index contributed by atoms with van der Waals surface area (Å²) in [5.41, 5.74) is 6.36. The third-order valence-corrected chi connectivity index (χ3v) is 2.79. The Balaban J connectivity index is 2.39. The van der Waals surface area contributed by atoms with Gasteiger partial charge in [0.15, 0.2) is 5.82 Å². The van der Waals surface area contributed by atoms with Crippen LogP contribution in [-0.4, -0.2) is 39.2 Å². The van der Waals surface area contributed by atoms with Gasteiger partial charge >= 0.3 is 0 Å². The topological polar surface area (TPSA) is 72.3 Å². The van der Waals surface area contributed by atoms with Gasteiger partial charge in [-0.05, 0) is 26.8 Å². The molecule has 6 nitrogen and oxygen atoms in total. The molecule has 2 aromatic rings. The van der Waals surface area contributed by atoms with Crippen LogP contribution in [0.3, 0.4) is 0 Å². The molecule has 0 atom stereocenters. The van der Waals surface area contributed by atoms with Crippen molar-refractivity contribution in [3.8, 4) is 0 Å². The van der Waals surface area contributed by atoms with Crippen LogP contribution in [0.1, 0.15) is 19.2 Å². The van der Waals surface area contributed by atoms with Crippen molar-refractivity contribution >= 4 is 11.5 Å². The Morgan fingerprint density at radius 1 is 1.41 bits per heavy atom. The van der Waals surface area contributed by atoms with E-state index in [4.69, 9.17) is 5.73 Å². The Bertz CT molecular complexity index is 492. The van der Waals surface area contributed by atoms with E-state index in [2.05, 4.69) is 27.0 Å². The van der Waals surface area contributed by atoms with Gasteiger partial charge in [0, 0.05) is 25.5 Å². The predicted molar refractivity (Wildman–Crippen MR) is 67.1 cm³/mol. The highest BCUT2D eigenvalue weighted by atomic mass is 15.3. The Morgan fingerprint density at radius 3 is 2.94 bits per heavy atom. The second-order valence-corrected chi connectivity index (χ2v) is 3.91. The molecule has 0 spiro atoms. The lowest BCUT2D eigenvalue weighted by Crippen LogP contribution is -2.27. The lowest BCUT2D eigenvalue weighted by Gasteiger charge is -2.21. The fourth-order valence-corrected chi connectivity index (χ4v) is 1.85. The maximum Gasteiger partial charge on any atom is 0.203 e. The van der Waals surface area contributed by atoms with Crippen LogP contribution >= 0.6 is 0 Å². The van der Waals surface area contributed by atoms with Crippen molar-refractivity contribution in [2.75, 3.05) is 24.5 Å². The van der Waals surface area contributed by atoms with E-state index in [1.165, 1.54) is 0 Å². The Labute approximate surface area is 100 Å². The molecule has 2 heterocycles. The molecule has 0 bridgehead atoms. The molecule has 6 heteroatoms. The number of anilines is 1. The molecule has 2 rings (SSSR count). The average Bonchev–Trinajstić information content (AvgIpc) is 2.73. The smallest absolute Gasteiger partial charge is 0.203 e. The minimum absolute atomic E-state index is 0.686. The molecule has 0 radical (unpaired) electrons. The van der Waals surface area contributed by atoms with Gasteiger partial charge in [0.25, 0.3) is 0 Å². The standard InChI is InChI=1S/C11H18N6/c1-3-16(7-4-5-12)10-11-15-14-9(2)17(11)8-6-13-10/h6,8H,3-5,7,12H2,1-2H3. The summed E-state index contributed by atoms with van der Waals surface area (Å²) >= 11 is 0. The van der Waals surface area contributed by atoms with Crippen LogP contribution in [0.25, 0.3) is 5.65 Å². The predicted octanol–water partition coefficient (Wildman–Crippen LogP) is 0.608. The quantitative estimate of drug-likeness (QED) is 0.820. The molecule has 0 unspecified atom stereocenters. The van der Waals surface area contributed by atoms with Gasteiger partial charge in [0.2, 0.25) is 5.65 Å². The van der Waals surface area contributed by atoms with Crippen molar-refractivity contribution in [1.29, 1.82) is 0 Å². The number of hydrogen-bond donors (Lipinski definition) is 1. The maximum absolute atomic E-state index is 5.55. The zero-order chi connectivity index (χ0) is 12.3. The van der Waals surface area contributed by atoms with Crippen molar-refractivity contribution in [3.63, 3.8) is 0 Å². The largest absolute Gasteiger partial charge is 0.354 e. The molecule has 17 heavy (non-hydrogen) atoms. The second-order valence-electron chi connectivity index (χ2n) is 3.91. The van der Waals surface area contributed by atoms with Crippen molar-refractivity contribution in [1.82, 2.24) is 19.6 Å². The van der Waals surface area contributed by atoms with Gasteiger partial charge in [-0.3, -0.25) is 4.40 Å². The monoisotopic (exact) mass is 234 g/mol. The first-order chi connectivity index (χ1) is 8.27. The number of fused-ring (bicyclic) bond motifs is 1. The van der Waals surface area contributed by atoms with Crippen LogP contribution in [-0.2, 0) is 0 Å². The summed E-state index contributed by atoms with van der Waals surface area (Å²) in [5, 5.41) is 8.25. The number of nitrogens with two attached hydrogens (primary N) is 1. The highest BCUT2D eigenvalue weighted by molar-refractivity contribution is 5.63. The van der Waals surface area contributed by atoms with Crippen molar-refractivity contribution < 1.29 is 0 Å². The minimum atomic E-state index is 0.686. The molecule has 92 valence electrons. The average molecular weight is 234 g/mol. The van der Waals surface area contributed by atoms with E-state index in [0.717, 1.165) is 36.8 Å². The van der Waals surface area contributed by atoms with Gasteiger partial charge in [0.05, 0.1) is 0 Å². The van der Waals surface area contributed by atoms with Crippen LogP contribution in [0.2, 0.25) is 0 Å². The van der Waals surface area contributed by atoms with Gasteiger partial charge in [-0.15, -0.1) is 10.2 Å². The van der Waals surface area contributed by atoms with E-state index in [1.54, 1.807) is 6.20 Å². The Hall–Kier alpha value is -1.69. The zero-order valence-electron chi connectivity index (χ0n) is 10.3. The highest BCUT2D eigenvalue weighted by Crippen LogP contribution is 2.17. The summed E-state index contributed by atoms with van der Waals surface area (Å²) in [6.07, 6.45) is 4.61. The number of aromatic nitrogens is 4. The van der Waals surface area contributed by atoms with Gasteiger partial charge in [-0.1, -0.05) is 0 Å². The molecule has 0 aliphatic rings. The van der Waals surface area contributed by atoms with E-state index in [0.29, 0.717) is 6.54 Å². The van der Waals surface area contributed by atoms with Gasteiger partial charge in [-0.2, -0.15) is 0 Å². The number of rotatable bonds is 5. The molecule has 0 saturated carbocycles. The molecular formula is C11H18N6. The maximum atomic E-state index is 5.55. The molecule has 0 aliphatic heterocycles. The summed E-state index contributed by atoms with van der Waals surface area (Å²) in [6.45, 7) is 6.50. The summed E-state index contributed by atoms with van der Waals surface area (Å²) < 4.78 is 1.95. The molecule has 0 amide bonds. The lowest BCUT2D eigenvalue weighted by molar-refractivity contribution is 0.744. The first-order valence-electron chi connectivity index (χ1n) is 5.89. The zero-order valence-corrected chi connectivity index (χ0v) is 10.3. The highest BCUT2D eigenvalue weighted by Gasteiger charge is 2.12. The molecule has 0 fully saturated rings. The van der Waals surface area contributed by atoms with Crippen LogP contribution < -0.4 is 10.6 Å². The van der Waals surface area contributed by atoms with E-state index in [9.17, 15) is 0 Å². The fraction of sp³-hybridized carbons (Fsp3) is 0.545. The van der Waals surface area contributed by atoms with Gasteiger partial charge in [-0.25, -0.2) is 4.98 Å².